The van der Waals surface area contributed by atoms with Gasteiger partial charge in [0.1, 0.15) is 17.5 Å². The van der Waals surface area contributed by atoms with E-state index in [2.05, 4.69) is 21.2 Å². The second-order valence-corrected chi connectivity index (χ2v) is 9.78. The number of carbonyl (C=O) groups is 3. The molecule has 2 heterocycles. The number of β-lactam (4-membered cyclic amide) rings is 1. The van der Waals surface area contributed by atoms with Crippen LogP contribution in [0.3, 0.4) is 0 Å². The van der Waals surface area contributed by atoms with Gasteiger partial charge >= 0.3 is 5.97 Å². The van der Waals surface area contributed by atoms with Crippen molar-refractivity contribution in [2.75, 3.05) is 6.61 Å². The first-order valence-corrected chi connectivity index (χ1v) is 12.8. The summed E-state index contributed by atoms with van der Waals surface area (Å²) in [6.45, 7) is -0.204. The Kier molecular flexibility index (Phi) is 7.37. The molecule has 1 fully saturated rings. The number of para-hydroxylation sites is 1. The number of halogens is 1. The van der Waals surface area contributed by atoms with Crippen LogP contribution < -0.4 is 10.1 Å². The summed E-state index contributed by atoms with van der Waals surface area (Å²) < 4.78 is 12.1. The molecule has 3 aromatic carbocycles. The normalized spacial score (nSPS) is 18.6. The van der Waals surface area contributed by atoms with Gasteiger partial charge in [-0.2, -0.15) is 0 Å². The Balaban J connectivity index is 1.28. The first kappa shape index (κ1) is 24.8. The first-order chi connectivity index (χ1) is 18.0. The average molecular weight is 561 g/mol. The van der Waals surface area contributed by atoms with Gasteiger partial charge in [-0.15, -0.1) is 0 Å². The number of carbonyl (C=O) groups excluding carboxylic acids is 3. The minimum atomic E-state index is -0.714. The van der Waals surface area contributed by atoms with Gasteiger partial charge in [0.15, 0.2) is 12.7 Å². The summed E-state index contributed by atoms with van der Waals surface area (Å²) in [6, 6.07) is 26.9. The summed E-state index contributed by atoms with van der Waals surface area (Å²) in [7, 11) is 0. The zero-order valence-electron chi connectivity index (χ0n) is 19.9. The zero-order chi connectivity index (χ0) is 25.8. The molecule has 0 radical (unpaired) electrons. The van der Waals surface area contributed by atoms with Crippen molar-refractivity contribution >= 4 is 33.7 Å². The van der Waals surface area contributed by atoms with Crippen molar-refractivity contribution in [3.05, 3.63) is 112 Å². The largest absolute Gasteiger partial charge is 0.484 e. The molecule has 2 amide bonds. The molecule has 0 aliphatic carbocycles. The SMILES string of the molecule is O=C(COc1ccccc1)N[C@@H]1C(=O)N2C(C(=O)OC(c3ccccc3)c3ccccc3)=C(Br)CC[C@H]12. The Bertz CT molecular complexity index is 1270. The average Bonchev–Trinajstić information content (AvgIpc) is 2.94. The van der Waals surface area contributed by atoms with Gasteiger partial charge in [-0.05, 0) is 36.1 Å². The fraction of sp³-hybridized carbons (Fsp3) is 0.207. The van der Waals surface area contributed by atoms with Crippen molar-refractivity contribution in [3.63, 3.8) is 0 Å². The van der Waals surface area contributed by atoms with Crippen LogP contribution >= 0.6 is 15.9 Å². The van der Waals surface area contributed by atoms with E-state index in [1.807, 2.05) is 78.9 Å². The van der Waals surface area contributed by atoms with Crippen LogP contribution in [0.5, 0.6) is 5.75 Å². The van der Waals surface area contributed by atoms with Crippen molar-refractivity contribution < 1.29 is 23.9 Å². The van der Waals surface area contributed by atoms with E-state index in [0.717, 1.165) is 11.1 Å². The maximum Gasteiger partial charge on any atom is 0.356 e. The number of fused-ring (bicyclic) bond motifs is 1. The molecule has 3 aromatic rings. The van der Waals surface area contributed by atoms with Crippen LogP contribution in [0.25, 0.3) is 0 Å². The smallest absolute Gasteiger partial charge is 0.356 e. The lowest BCUT2D eigenvalue weighted by Crippen LogP contribution is -2.71. The lowest BCUT2D eigenvalue weighted by atomic mass is 9.86. The molecule has 5 rings (SSSR count). The molecule has 2 atom stereocenters. The fourth-order valence-electron chi connectivity index (χ4n) is 4.64. The molecule has 2 aliphatic rings. The van der Waals surface area contributed by atoms with Gasteiger partial charge in [-0.3, -0.25) is 14.5 Å². The molecule has 1 N–H and O–H groups in total. The Morgan fingerprint density at radius 2 is 1.49 bits per heavy atom. The van der Waals surface area contributed by atoms with Crippen LogP contribution in [-0.4, -0.2) is 41.4 Å². The van der Waals surface area contributed by atoms with Crippen LogP contribution in [0.2, 0.25) is 0 Å². The van der Waals surface area contributed by atoms with E-state index in [1.165, 1.54) is 4.90 Å². The number of allylic oxidation sites excluding steroid dienone is 1. The predicted molar refractivity (Wildman–Crippen MR) is 141 cm³/mol. The third-order valence-electron chi connectivity index (χ3n) is 6.43. The minimum absolute atomic E-state index is 0.184. The van der Waals surface area contributed by atoms with E-state index in [9.17, 15) is 14.4 Å². The van der Waals surface area contributed by atoms with Gasteiger partial charge in [0.2, 0.25) is 0 Å². The summed E-state index contributed by atoms with van der Waals surface area (Å²) in [5, 5.41) is 2.76. The predicted octanol–water partition coefficient (Wildman–Crippen LogP) is 4.49. The summed E-state index contributed by atoms with van der Waals surface area (Å²) in [6.07, 6.45) is 0.520. The van der Waals surface area contributed by atoms with Gasteiger partial charge in [0.05, 0.1) is 6.04 Å². The van der Waals surface area contributed by atoms with E-state index in [-0.39, 0.29) is 24.3 Å². The summed E-state index contributed by atoms with van der Waals surface area (Å²) >= 11 is 3.49. The number of hydrogen-bond acceptors (Lipinski definition) is 5. The van der Waals surface area contributed by atoms with E-state index < -0.39 is 24.0 Å². The van der Waals surface area contributed by atoms with Crippen molar-refractivity contribution in [2.24, 2.45) is 0 Å². The Labute approximate surface area is 223 Å². The van der Waals surface area contributed by atoms with Crippen molar-refractivity contribution in [2.45, 2.75) is 31.0 Å². The Morgan fingerprint density at radius 3 is 2.08 bits per heavy atom. The molecule has 188 valence electrons. The van der Waals surface area contributed by atoms with E-state index >= 15 is 0 Å². The highest BCUT2D eigenvalue weighted by Crippen LogP contribution is 2.40. The third-order valence-corrected chi connectivity index (χ3v) is 7.20. The number of amides is 2. The maximum atomic E-state index is 13.5. The molecule has 0 aromatic heterocycles. The lowest BCUT2D eigenvalue weighted by Gasteiger charge is -2.50. The number of benzene rings is 3. The topological polar surface area (TPSA) is 84.9 Å². The van der Waals surface area contributed by atoms with Gasteiger partial charge in [-0.1, -0.05) is 94.8 Å². The summed E-state index contributed by atoms with van der Waals surface area (Å²) in [4.78, 5) is 40.5. The van der Waals surface area contributed by atoms with Crippen LogP contribution in [-0.2, 0) is 19.1 Å². The van der Waals surface area contributed by atoms with Crippen LogP contribution in [0.4, 0.5) is 0 Å². The molecule has 0 bridgehead atoms. The van der Waals surface area contributed by atoms with Crippen molar-refractivity contribution in [1.82, 2.24) is 10.2 Å². The van der Waals surface area contributed by atoms with Gasteiger partial charge in [0, 0.05) is 4.48 Å². The molecular formula is C29H25BrN2O5. The second-order valence-electron chi connectivity index (χ2n) is 8.82. The van der Waals surface area contributed by atoms with E-state index in [0.29, 0.717) is 23.1 Å². The number of esters is 1. The Morgan fingerprint density at radius 1 is 0.919 bits per heavy atom. The quantitative estimate of drug-likeness (QED) is 0.324. The number of rotatable bonds is 8. The van der Waals surface area contributed by atoms with Crippen molar-refractivity contribution in [3.8, 4) is 5.75 Å². The molecule has 37 heavy (non-hydrogen) atoms. The standard InChI is InChI=1S/C29H25BrN2O5/c30-22-16-17-23-25(31-24(33)18-36-21-14-8-3-9-15-21)28(34)32(23)26(22)29(35)37-27(19-10-4-1-5-11-19)20-12-6-2-7-13-20/h1-15,23,25,27H,16-18H2,(H,31,33)/t23-,25+/m1/s1. The highest BCUT2D eigenvalue weighted by molar-refractivity contribution is 9.11. The third kappa shape index (κ3) is 5.29. The highest BCUT2D eigenvalue weighted by atomic mass is 79.9. The molecule has 1 saturated heterocycles. The van der Waals surface area contributed by atoms with Crippen LogP contribution in [0.1, 0.15) is 30.1 Å². The summed E-state index contributed by atoms with van der Waals surface area (Å²) in [5.41, 5.74) is 1.83. The lowest BCUT2D eigenvalue weighted by molar-refractivity contribution is -0.159. The number of ether oxygens (including phenoxy) is 2. The van der Waals surface area contributed by atoms with Gasteiger partial charge < -0.3 is 14.8 Å². The molecule has 0 saturated carbocycles. The molecule has 8 heteroatoms. The Hall–Kier alpha value is -3.91. The molecule has 2 aliphatic heterocycles. The van der Waals surface area contributed by atoms with Crippen molar-refractivity contribution in [1.29, 1.82) is 0 Å². The minimum Gasteiger partial charge on any atom is -0.484 e. The van der Waals surface area contributed by atoms with E-state index in [1.54, 1.807) is 12.1 Å². The fourth-order valence-corrected chi connectivity index (χ4v) is 5.22. The second kappa shape index (κ2) is 11.0. The first-order valence-electron chi connectivity index (χ1n) is 12.0. The number of hydrogen-bond donors (Lipinski definition) is 1. The zero-order valence-corrected chi connectivity index (χ0v) is 21.5. The van der Waals surface area contributed by atoms with Crippen LogP contribution in [0, 0.1) is 0 Å². The maximum absolute atomic E-state index is 13.5. The monoisotopic (exact) mass is 560 g/mol. The highest BCUT2D eigenvalue weighted by Gasteiger charge is 2.53. The molecule has 0 unspecified atom stereocenters. The van der Waals surface area contributed by atoms with Crippen LogP contribution in [0.15, 0.2) is 101 Å². The molecular weight excluding hydrogens is 536 g/mol. The van der Waals surface area contributed by atoms with Gasteiger partial charge in [0.25, 0.3) is 11.8 Å². The van der Waals surface area contributed by atoms with Gasteiger partial charge in [-0.25, -0.2) is 4.79 Å². The molecule has 0 spiro atoms. The molecule has 7 nitrogen and oxygen atoms in total. The van der Waals surface area contributed by atoms with E-state index in [4.69, 9.17) is 9.47 Å². The number of nitrogens with zero attached hydrogens (tertiary/aromatic N) is 1. The number of nitrogens with one attached hydrogen (secondary N) is 1. The summed E-state index contributed by atoms with van der Waals surface area (Å²) in [5.74, 6) is -0.773.